The van der Waals surface area contributed by atoms with Crippen LogP contribution >= 0.6 is 11.8 Å². The molecule has 1 aliphatic rings. The van der Waals surface area contributed by atoms with Crippen LogP contribution in [-0.4, -0.2) is 32.7 Å². The van der Waals surface area contributed by atoms with Gasteiger partial charge in [0.25, 0.3) is 0 Å². The zero-order valence-electron chi connectivity index (χ0n) is 16.1. The normalized spacial score (nSPS) is 15.4. The van der Waals surface area contributed by atoms with E-state index < -0.39 is 5.54 Å². The first-order valence-electron chi connectivity index (χ1n) is 9.25. The van der Waals surface area contributed by atoms with Crippen molar-refractivity contribution in [3.63, 3.8) is 0 Å². The van der Waals surface area contributed by atoms with Gasteiger partial charge in [0.2, 0.25) is 11.8 Å². The summed E-state index contributed by atoms with van der Waals surface area (Å²) in [7, 11) is 0. The zero-order valence-corrected chi connectivity index (χ0v) is 16.9. The predicted octanol–water partition coefficient (Wildman–Crippen LogP) is 3.91. The highest BCUT2D eigenvalue weighted by molar-refractivity contribution is 7.99. The molecule has 0 spiro atoms. The van der Waals surface area contributed by atoms with Crippen LogP contribution in [0.15, 0.2) is 53.7 Å². The minimum absolute atomic E-state index is 0.119. The van der Waals surface area contributed by atoms with Gasteiger partial charge in [-0.05, 0) is 45.0 Å². The molecular weight excluding hydrogens is 372 g/mol. The zero-order chi connectivity index (χ0) is 19.9. The fraction of sp³-hybridized carbons (Fsp3) is 0.286. The first-order valence-corrected chi connectivity index (χ1v) is 10.2. The fourth-order valence-corrected chi connectivity index (χ4v) is 4.49. The Morgan fingerprint density at radius 1 is 1.14 bits per heavy atom. The summed E-state index contributed by atoms with van der Waals surface area (Å²) in [5.74, 6) is -0.105. The van der Waals surface area contributed by atoms with Crippen LogP contribution < -0.4 is 10.2 Å². The van der Waals surface area contributed by atoms with E-state index in [0.29, 0.717) is 5.69 Å². The lowest BCUT2D eigenvalue weighted by molar-refractivity contribution is -0.125. The molecule has 1 N–H and O–H groups in total. The van der Waals surface area contributed by atoms with Crippen LogP contribution in [0.1, 0.15) is 20.8 Å². The molecule has 0 unspecified atom stereocenters. The van der Waals surface area contributed by atoms with E-state index in [1.54, 1.807) is 18.7 Å². The number of benzene rings is 2. The Morgan fingerprint density at radius 3 is 2.64 bits per heavy atom. The van der Waals surface area contributed by atoms with Crippen LogP contribution in [0.3, 0.4) is 0 Å². The number of carbonyl (C=O) groups is 2. The summed E-state index contributed by atoms with van der Waals surface area (Å²) >= 11 is 1.40. The number of nitrogens with one attached hydrogen (secondary N) is 1. The highest BCUT2D eigenvalue weighted by Gasteiger charge is 2.43. The van der Waals surface area contributed by atoms with Gasteiger partial charge in [-0.15, -0.1) is 0 Å². The minimum atomic E-state index is -0.961. The monoisotopic (exact) mass is 394 g/mol. The number of fused-ring (bicyclic) bond motifs is 2. The number of aromatic nitrogens is 2. The van der Waals surface area contributed by atoms with Gasteiger partial charge in [-0.1, -0.05) is 36.0 Å². The number of para-hydroxylation sites is 4. The number of hydrogen-bond donors (Lipinski definition) is 1. The van der Waals surface area contributed by atoms with Crippen molar-refractivity contribution in [3.8, 4) is 0 Å². The van der Waals surface area contributed by atoms with Crippen molar-refractivity contribution in [2.24, 2.45) is 0 Å². The third-order valence-electron chi connectivity index (χ3n) is 5.02. The van der Waals surface area contributed by atoms with Gasteiger partial charge in [-0.25, -0.2) is 4.98 Å². The van der Waals surface area contributed by atoms with E-state index in [9.17, 15) is 9.59 Å². The Labute approximate surface area is 167 Å². The van der Waals surface area contributed by atoms with Crippen molar-refractivity contribution in [2.45, 2.75) is 38.0 Å². The second-order valence-electron chi connectivity index (χ2n) is 7.18. The van der Waals surface area contributed by atoms with Crippen LogP contribution in [0, 0.1) is 0 Å². The summed E-state index contributed by atoms with van der Waals surface area (Å²) in [4.78, 5) is 32.0. The van der Waals surface area contributed by atoms with Gasteiger partial charge in [-0.2, -0.15) is 0 Å². The molecule has 2 heterocycles. The minimum Gasteiger partial charge on any atom is -0.322 e. The largest absolute Gasteiger partial charge is 0.322 e. The fourth-order valence-electron chi connectivity index (χ4n) is 3.56. The molecule has 7 heteroatoms. The number of imidazole rings is 1. The molecule has 2 amide bonds. The van der Waals surface area contributed by atoms with Gasteiger partial charge in [0, 0.05) is 6.54 Å². The molecule has 2 aromatic carbocycles. The van der Waals surface area contributed by atoms with Crippen molar-refractivity contribution in [1.82, 2.24) is 9.55 Å². The molecule has 28 heavy (non-hydrogen) atoms. The van der Waals surface area contributed by atoms with Gasteiger partial charge < -0.3 is 9.88 Å². The number of aryl methyl sites for hydroxylation is 1. The van der Waals surface area contributed by atoms with Crippen molar-refractivity contribution in [2.75, 3.05) is 16.0 Å². The summed E-state index contributed by atoms with van der Waals surface area (Å²) < 4.78 is 2.11. The maximum atomic E-state index is 13.2. The van der Waals surface area contributed by atoms with Crippen molar-refractivity contribution in [1.29, 1.82) is 0 Å². The number of carbonyl (C=O) groups excluding carboxylic acids is 2. The Kier molecular flexibility index (Phi) is 4.63. The highest BCUT2D eigenvalue weighted by atomic mass is 32.2. The average Bonchev–Trinajstić information content (AvgIpc) is 3.04. The van der Waals surface area contributed by atoms with Crippen LogP contribution in [0.25, 0.3) is 11.0 Å². The number of thioether (sulfide) groups is 1. The third kappa shape index (κ3) is 2.96. The second-order valence-corrected chi connectivity index (χ2v) is 8.12. The molecule has 0 saturated heterocycles. The summed E-state index contributed by atoms with van der Waals surface area (Å²) in [6, 6.07) is 15.3. The third-order valence-corrected chi connectivity index (χ3v) is 5.98. The quantitative estimate of drug-likeness (QED) is 0.681. The molecule has 3 aromatic rings. The molecule has 4 rings (SSSR count). The molecule has 144 valence electrons. The molecular formula is C21H22N4O2S. The predicted molar refractivity (Wildman–Crippen MR) is 113 cm³/mol. The lowest BCUT2D eigenvalue weighted by Gasteiger charge is -2.42. The average molecular weight is 395 g/mol. The Hall–Kier alpha value is -2.80. The van der Waals surface area contributed by atoms with Gasteiger partial charge in [0.1, 0.15) is 5.54 Å². The number of rotatable bonds is 4. The van der Waals surface area contributed by atoms with Crippen LogP contribution in [0.2, 0.25) is 0 Å². The van der Waals surface area contributed by atoms with Crippen molar-refractivity contribution < 1.29 is 9.59 Å². The molecule has 0 fully saturated rings. The van der Waals surface area contributed by atoms with E-state index >= 15 is 0 Å². The maximum Gasteiger partial charge on any atom is 0.250 e. The SMILES string of the molecule is CCn1c(SCC(=O)N2c3ccccc3NC(=O)C2(C)C)nc2ccccc21. The lowest BCUT2D eigenvalue weighted by atomic mass is 9.96. The number of anilines is 2. The topological polar surface area (TPSA) is 67.2 Å². The molecule has 0 atom stereocenters. The van der Waals surface area contributed by atoms with Gasteiger partial charge in [0.15, 0.2) is 5.16 Å². The van der Waals surface area contributed by atoms with Crippen LogP contribution in [0.4, 0.5) is 11.4 Å². The Morgan fingerprint density at radius 2 is 1.86 bits per heavy atom. The molecule has 1 aliphatic heterocycles. The first kappa shape index (κ1) is 18.6. The molecule has 0 saturated carbocycles. The van der Waals surface area contributed by atoms with Gasteiger partial charge >= 0.3 is 0 Å². The number of nitrogens with zero attached hydrogens (tertiary/aromatic N) is 3. The van der Waals surface area contributed by atoms with Crippen molar-refractivity contribution >= 4 is 46.0 Å². The summed E-state index contributed by atoms with van der Waals surface area (Å²) in [5, 5.41) is 3.70. The van der Waals surface area contributed by atoms with Gasteiger partial charge in [-0.3, -0.25) is 14.5 Å². The van der Waals surface area contributed by atoms with E-state index in [1.165, 1.54) is 11.8 Å². The van der Waals surface area contributed by atoms with E-state index in [4.69, 9.17) is 0 Å². The van der Waals surface area contributed by atoms with Gasteiger partial charge in [0.05, 0.1) is 28.2 Å². The second kappa shape index (κ2) is 6.98. The van der Waals surface area contributed by atoms with E-state index in [0.717, 1.165) is 28.4 Å². The first-order chi connectivity index (χ1) is 13.4. The molecule has 0 aliphatic carbocycles. The Balaban J connectivity index is 1.63. The van der Waals surface area contributed by atoms with E-state index in [-0.39, 0.29) is 17.6 Å². The maximum absolute atomic E-state index is 13.2. The lowest BCUT2D eigenvalue weighted by Crippen LogP contribution is -2.59. The number of hydrogen-bond acceptors (Lipinski definition) is 4. The smallest absolute Gasteiger partial charge is 0.250 e. The number of amides is 2. The van der Waals surface area contributed by atoms with E-state index in [1.807, 2.05) is 48.5 Å². The van der Waals surface area contributed by atoms with Crippen molar-refractivity contribution in [3.05, 3.63) is 48.5 Å². The standard InChI is InChI=1S/C21H22N4O2S/c1-4-24-16-11-7-5-9-14(16)23-20(24)28-13-18(26)25-17-12-8-6-10-15(17)22-19(27)21(25,2)3/h5-12H,4,13H2,1-3H3,(H,22,27). The Bertz CT molecular complexity index is 1070. The molecule has 0 bridgehead atoms. The molecule has 0 radical (unpaired) electrons. The van der Waals surface area contributed by atoms with E-state index in [2.05, 4.69) is 21.8 Å². The summed E-state index contributed by atoms with van der Waals surface area (Å²) in [6.45, 7) is 6.37. The van der Waals surface area contributed by atoms with Crippen LogP contribution in [-0.2, 0) is 16.1 Å². The summed E-state index contributed by atoms with van der Waals surface area (Å²) in [5.41, 5.74) is 2.40. The molecule has 1 aromatic heterocycles. The molecule has 6 nitrogen and oxygen atoms in total. The highest BCUT2D eigenvalue weighted by Crippen LogP contribution is 2.37. The van der Waals surface area contributed by atoms with Crippen LogP contribution in [0.5, 0.6) is 0 Å². The summed E-state index contributed by atoms with van der Waals surface area (Å²) in [6.07, 6.45) is 0.